The topological polar surface area (TPSA) is 49.9 Å². The molecule has 1 aromatic rings. The van der Waals surface area contributed by atoms with Crippen LogP contribution < -0.4 is 0 Å². The Hall–Kier alpha value is -1.46. The molecule has 1 atom stereocenters. The first kappa shape index (κ1) is 21.3. The van der Waals surface area contributed by atoms with E-state index in [0.717, 1.165) is 31.2 Å². The number of nitrogens with zero attached hydrogens (tertiary/aromatic N) is 2. The lowest BCUT2D eigenvalue weighted by atomic mass is 10.0. The van der Waals surface area contributed by atoms with Gasteiger partial charge in [-0.25, -0.2) is 4.79 Å². The van der Waals surface area contributed by atoms with Crippen LogP contribution in [0.15, 0.2) is 18.2 Å². The predicted molar refractivity (Wildman–Crippen MR) is 111 cm³/mol. The Morgan fingerprint density at radius 3 is 2.46 bits per heavy atom. The molecule has 2 fully saturated rings. The SMILES string of the molecule is CC(C)(C)OC(=O)N1CCCC[C@H]1C(=O)N(Cc1ccc(Cl)c(Cl)c1)C1CC1. The Labute approximate surface area is 176 Å². The van der Waals surface area contributed by atoms with Crippen LogP contribution in [0.5, 0.6) is 0 Å². The summed E-state index contributed by atoms with van der Waals surface area (Å²) < 4.78 is 5.54. The summed E-state index contributed by atoms with van der Waals surface area (Å²) in [5.41, 5.74) is 0.354. The lowest BCUT2D eigenvalue weighted by molar-refractivity contribution is -0.139. The maximum atomic E-state index is 13.4. The molecule has 2 amide bonds. The molecule has 0 unspecified atom stereocenters. The van der Waals surface area contributed by atoms with Crippen LogP contribution in [0.1, 0.15) is 58.4 Å². The standard InChI is InChI=1S/C21H28Cl2N2O3/c1-21(2,3)28-20(27)24-11-5-4-6-18(24)19(26)25(15-8-9-15)13-14-7-10-16(22)17(23)12-14/h7,10,12,15,18H,4-6,8-9,11,13H2,1-3H3/t18-/m0/s1. The van der Waals surface area contributed by atoms with E-state index in [0.29, 0.717) is 29.6 Å². The summed E-state index contributed by atoms with van der Waals surface area (Å²) >= 11 is 12.2. The highest BCUT2D eigenvalue weighted by molar-refractivity contribution is 6.42. The van der Waals surface area contributed by atoms with Crippen molar-refractivity contribution < 1.29 is 14.3 Å². The summed E-state index contributed by atoms with van der Waals surface area (Å²) in [7, 11) is 0. The van der Waals surface area contributed by atoms with E-state index < -0.39 is 17.7 Å². The first-order valence-corrected chi connectivity index (χ1v) is 10.7. The third-order valence-electron chi connectivity index (χ3n) is 5.02. The molecule has 1 aromatic carbocycles. The molecule has 0 bridgehead atoms. The smallest absolute Gasteiger partial charge is 0.410 e. The molecule has 1 saturated heterocycles. The lowest BCUT2D eigenvalue weighted by Crippen LogP contribution is -2.54. The summed E-state index contributed by atoms with van der Waals surface area (Å²) in [4.78, 5) is 29.6. The third kappa shape index (κ3) is 5.32. The molecule has 1 saturated carbocycles. The zero-order chi connectivity index (χ0) is 20.5. The summed E-state index contributed by atoms with van der Waals surface area (Å²) in [6, 6.07) is 5.21. The van der Waals surface area contributed by atoms with Crippen LogP contribution in [0.25, 0.3) is 0 Å². The average Bonchev–Trinajstić information content (AvgIpc) is 3.45. The highest BCUT2D eigenvalue weighted by atomic mass is 35.5. The molecule has 28 heavy (non-hydrogen) atoms. The van der Waals surface area contributed by atoms with Gasteiger partial charge in [0.2, 0.25) is 5.91 Å². The average molecular weight is 427 g/mol. The quantitative estimate of drug-likeness (QED) is 0.658. The molecule has 3 rings (SSSR count). The van der Waals surface area contributed by atoms with Crippen molar-refractivity contribution in [3.63, 3.8) is 0 Å². The molecule has 1 aliphatic heterocycles. The first-order valence-electron chi connectivity index (χ1n) is 9.90. The van der Waals surface area contributed by atoms with E-state index in [1.807, 2.05) is 31.7 Å². The normalized spacial score (nSPS) is 20.0. The highest BCUT2D eigenvalue weighted by Crippen LogP contribution is 2.32. The van der Waals surface area contributed by atoms with E-state index in [9.17, 15) is 9.59 Å². The minimum atomic E-state index is -0.585. The van der Waals surface area contributed by atoms with Crippen LogP contribution in [0.3, 0.4) is 0 Å². The number of benzene rings is 1. The molecule has 0 spiro atoms. The van der Waals surface area contributed by atoms with Crippen molar-refractivity contribution in [1.29, 1.82) is 0 Å². The second-order valence-electron chi connectivity index (χ2n) is 8.63. The highest BCUT2D eigenvalue weighted by Gasteiger charge is 2.41. The van der Waals surface area contributed by atoms with Crippen molar-refractivity contribution in [3.05, 3.63) is 33.8 Å². The Balaban J connectivity index is 1.77. The fourth-order valence-corrected chi connectivity index (χ4v) is 3.85. The van der Waals surface area contributed by atoms with E-state index in [-0.39, 0.29) is 11.9 Å². The summed E-state index contributed by atoms with van der Waals surface area (Å²) in [5, 5.41) is 0.980. The number of hydrogen-bond acceptors (Lipinski definition) is 3. The Morgan fingerprint density at radius 2 is 1.86 bits per heavy atom. The minimum absolute atomic E-state index is 0.000804. The van der Waals surface area contributed by atoms with Crippen LogP contribution in [0, 0.1) is 0 Å². The van der Waals surface area contributed by atoms with Gasteiger partial charge in [0.05, 0.1) is 10.0 Å². The maximum Gasteiger partial charge on any atom is 0.410 e. The number of ether oxygens (including phenoxy) is 1. The number of rotatable bonds is 4. The molecule has 5 nitrogen and oxygen atoms in total. The monoisotopic (exact) mass is 426 g/mol. The van der Waals surface area contributed by atoms with Crippen molar-refractivity contribution in [2.75, 3.05) is 6.54 Å². The van der Waals surface area contributed by atoms with E-state index in [2.05, 4.69) is 0 Å². The van der Waals surface area contributed by atoms with Gasteiger partial charge in [0.15, 0.2) is 0 Å². The van der Waals surface area contributed by atoms with Gasteiger partial charge < -0.3 is 9.64 Å². The third-order valence-corrected chi connectivity index (χ3v) is 5.76. The molecule has 7 heteroatoms. The predicted octanol–water partition coefficient (Wildman–Crippen LogP) is 5.27. The molecule has 154 valence electrons. The van der Waals surface area contributed by atoms with Crippen LogP contribution in [0.4, 0.5) is 4.79 Å². The maximum absolute atomic E-state index is 13.4. The van der Waals surface area contributed by atoms with E-state index in [1.165, 1.54) is 0 Å². The Bertz CT molecular complexity index is 744. The number of carbonyl (C=O) groups is 2. The van der Waals surface area contributed by atoms with Crippen LogP contribution in [-0.2, 0) is 16.1 Å². The first-order chi connectivity index (χ1) is 13.2. The molecule has 2 aliphatic rings. The van der Waals surface area contributed by atoms with Gasteiger partial charge in [-0.3, -0.25) is 9.69 Å². The number of halogens is 2. The molecule has 1 aliphatic carbocycles. The minimum Gasteiger partial charge on any atom is -0.444 e. The number of carbonyl (C=O) groups excluding carboxylic acids is 2. The number of piperidine rings is 1. The number of amides is 2. The van der Waals surface area contributed by atoms with E-state index in [1.54, 1.807) is 17.0 Å². The van der Waals surface area contributed by atoms with E-state index in [4.69, 9.17) is 27.9 Å². The Kier molecular flexibility index (Phi) is 6.45. The van der Waals surface area contributed by atoms with Gasteiger partial charge in [0, 0.05) is 19.1 Å². The fraction of sp³-hybridized carbons (Fsp3) is 0.619. The largest absolute Gasteiger partial charge is 0.444 e. The van der Waals surface area contributed by atoms with Gasteiger partial charge in [0.25, 0.3) is 0 Å². The van der Waals surface area contributed by atoms with Crippen molar-refractivity contribution in [1.82, 2.24) is 9.80 Å². The summed E-state index contributed by atoms with van der Waals surface area (Å²) in [6.45, 7) is 6.54. The van der Waals surface area contributed by atoms with Crippen LogP contribution in [-0.4, -0.2) is 46.0 Å². The molecule has 0 aromatic heterocycles. The van der Waals surface area contributed by atoms with Gasteiger partial charge >= 0.3 is 6.09 Å². The number of hydrogen-bond donors (Lipinski definition) is 0. The molecule has 1 heterocycles. The van der Waals surface area contributed by atoms with Crippen molar-refractivity contribution in [2.45, 2.75) is 77.1 Å². The van der Waals surface area contributed by atoms with Crippen molar-refractivity contribution in [2.24, 2.45) is 0 Å². The van der Waals surface area contributed by atoms with Gasteiger partial charge in [-0.15, -0.1) is 0 Å². The lowest BCUT2D eigenvalue weighted by Gasteiger charge is -2.38. The van der Waals surface area contributed by atoms with Gasteiger partial charge in [-0.1, -0.05) is 29.3 Å². The second kappa shape index (κ2) is 8.50. The Morgan fingerprint density at radius 1 is 1.14 bits per heavy atom. The molecule has 0 radical (unpaired) electrons. The summed E-state index contributed by atoms with van der Waals surface area (Å²) in [5.74, 6) is -0.000804. The summed E-state index contributed by atoms with van der Waals surface area (Å²) in [6.07, 6.45) is 4.07. The second-order valence-corrected chi connectivity index (χ2v) is 9.45. The van der Waals surface area contributed by atoms with Gasteiger partial charge in [0.1, 0.15) is 11.6 Å². The zero-order valence-corrected chi connectivity index (χ0v) is 18.2. The zero-order valence-electron chi connectivity index (χ0n) is 16.7. The fourth-order valence-electron chi connectivity index (χ4n) is 3.53. The molecule has 0 N–H and O–H groups in total. The van der Waals surface area contributed by atoms with Crippen molar-refractivity contribution >= 4 is 35.2 Å². The van der Waals surface area contributed by atoms with Crippen LogP contribution >= 0.6 is 23.2 Å². The number of likely N-dealkylation sites (tertiary alicyclic amines) is 1. The molecular formula is C21H28Cl2N2O3. The van der Waals surface area contributed by atoms with Crippen LogP contribution in [0.2, 0.25) is 10.0 Å². The van der Waals surface area contributed by atoms with Gasteiger partial charge in [-0.2, -0.15) is 0 Å². The van der Waals surface area contributed by atoms with Crippen molar-refractivity contribution in [3.8, 4) is 0 Å². The molecular weight excluding hydrogens is 399 g/mol. The van der Waals surface area contributed by atoms with Gasteiger partial charge in [-0.05, 0) is 70.6 Å². The van der Waals surface area contributed by atoms with E-state index >= 15 is 0 Å².